The van der Waals surface area contributed by atoms with Gasteiger partial charge in [0.25, 0.3) is 0 Å². The minimum Gasteiger partial charge on any atom is -0.456 e. The molecule has 0 spiro atoms. The number of fused-ring (bicyclic) bond motifs is 3. The van der Waals surface area contributed by atoms with E-state index in [0.29, 0.717) is 0 Å². The number of rotatable bonds is 5. The Labute approximate surface area is 250 Å². The molecule has 3 heteroatoms. The van der Waals surface area contributed by atoms with Gasteiger partial charge in [-0.3, -0.25) is 4.99 Å². The molecule has 0 bridgehead atoms. The van der Waals surface area contributed by atoms with Gasteiger partial charge in [0.15, 0.2) is 0 Å². The first-order chi connectivity index (χ1) is 21.3. The highest BCUT2D eigenvalue weighted by Gasteiger charge is 2.22. The Morgan fingerprint density at radius 3 is 1.86 bits per heavy atom. The average Bonchev–Trinajstić information content (AvgIpc) is 3.47. The smallest absolute Gasteiger partial charge is 0.136 e. The number of aliphatic imine (C=N–C) groups is 1. The van der Waals surface area contributed by atoms with E-state index in [1.54, 1.807) is 0 Å². The van der Waals surface area contributed by atoms with Gasteiger partial charge < -0.3 is 9.73 Å². The van der Waals surface area contributed by atoms with Crippen LogP contribution in [0.15, 0.2) is 167 Å². The molecule has 0 aliphatic carbocycles. The zero-order chi connectivity index (χ0) is 28.6. The minimum atomic E-state index is -0.164. The van der Waals surface area contributed by atoms with E-state index in [1.807, 2.05) is 12.1 Å². The van der Waals surface area contributed by atoms with Gasteiger partial charge in [-0.15, -0.1) is 0 Å². The van der Waals surface area contributed by atoms with Gasteiger partial charge in [-0.05, 0) is 58.2 Å². The molecule has 204 valence electrons. The van der Waals surface area contributed by atoms with Crippen molar-refractivity contribution in [3.8, 4) is 22.3 Å². The summed E-state index contributed by atoms with van der Waals surface area (Å²) in [6.45, 7) is 0. The van der Waals surface area contributed by atoms with Crippen LogP contribution in [0.25, 0.3) is 49.9 Å². The third-order valence-corrected chi connectivity index (χ3v) is 8.12. The number of nitrogens with one attached hydrogen (secondary N) is 1. The van der Waals surface area contributed by atoms with E-state index in [9.17, 15) is 0 Å². The first-order valence-electron chi connectivity index (χ1n) is 14.6. The zero-order valence-corrected chi connectivity index (χ0v) is 23.4. The van der Waals surface area contributed by atoms with Crippen molar-refractivity contribution in [2.45, 2.75) is 6.04 Å². The first-order valence-corrected chi connectivity index (χ1v) is 14.6. The van der Waals surface area contributed by atoms with Gasteiger partial charge in [0, 0.05) is 27.6 Å². The summed E-state index contributed by atoms with van der Waals surface area (Å²) in [6.07, 6.45) is 2.24. The number of nitrogens with zero attached hydrogens (tertiary/aromatic N) is 1. The van der Waals surface area contributed by atoms with Crippen molar-refractivity contribution in [2.24, 2.45) is 4.99 Å². The molecule has 6 aromatic carbocycles. The summed E-state index contributed by atoms with van der Waals surface area (Å²) in [5.41, 5.74) is 10.8. The molecule has 1 aliphatic heterocycles. The summed E-state index contributed by atoms with van der Waals surface area (Å²) in [5, 5.41) is 5.89. The van der Waals surface area contributed by atoms with Gasteiger partial charge in [0.1, 0.15) is 17.0 Å². The maximum Gasteiger partial charge on any atom is 0.136 e. The molecular formula is C40H28N2O. The number of amidine groups is 1. The zero-order valence-electron chi connectivity index (χ0n) is 23.4. The van der Waals surface area contributed by atoms with E-state index in [2.05, 4.69) is 151 Å². The predicted molar refractivity (Wildman–Crippen MR) is 178 cm³/mol. The molecule has 0 fully saturated rings. The SMILES string of the molecule is C1=C(c2cccc3oc4ccc(-c5ccccc5)cc4c23)NC(c2ccccc2)=NC1c1cccc(-c2ccccc2)c1. The van der Waals surface area contributed by atoms with E-state index in [1.165, 1.54) is 22.3 Å². The highest BCUT2D eigenvalue weighted by molar-refractivity contribution is 6.13. The topological polar surface area (TPSA) is 37.5 Å². The second kappa shape index (κ2) is 10.6. The largest absolute Gasteiger partial charge is 0.456 e. The lowest BCUT2D eigenvalue weighted by Gasteiger charge is -2.24. The fraction of sp³-hybridized carbons (Fsp3) is 0.0250. The Morgan fingerprint density at radius 2 is 1.14 bits per heavy atom. The Balaban J connectivity index is 1.29. The van der Waals surface area contributed by atoms with Crippen molar-refractivity contribution in [1.82, 2.24) is 5.32 Å². The summed E-state index contributed by atoms with van der Waals surface area (Å²) in [5.74, 6) is 0.850. The van der Waals surface area contributed by atoms with Crippen LogP contribution in [0.5, 0.6) is 0 Å². The van der Waals surface area contributed by atoms with Crippen LogP contribution in [-0.4, -0.2) is 5.84 Å². The van der Waals surface area contributed by atoms with Crippen LogP contribution in [0.3, 0.4) is 0 Å². The molecule has 1 N–H and O–H groups in total. The molecule has 1 aliphatic rings. The first kappa shape index (κ1) is 25.1. The number of benzene rings is 6. The normalized spacial score (nSPS) is 14.7. The van der Waals surface area contributed by atoms with Crippen molar-refractivity contribution < 1.29 is 4.42 Å². The summed E-state index contributed by atoms with van der Waals surface area (Å²) in [4.78, 5) is 5.22. The van der Waals surface area contributed by atoms with Crippen LogP contribution in [0.1, 0.15) is 22.7 Å². The van der Waals surface area contributed by atoms with Crippen molar-refractivity contribution in [3.63, 3.8) is 0 Å². The fourth-order valence-corrected chi connectivity index (χ4v) is 6.00. The molecule has 8 rings (SSSR count). The van der Waals surface area contributed by atoms with E-state index in [0.717, 1.165) is 50.2 Å². The molecular weight excluding hydrogens is 524 g/mol. The van der Waals surface area contributed by atoms with Gasteiger partial charge in [-0.1, -0.05) is 127 Å². The third kappa shape index (κ3) is 4.71. The summed E-state index contributed by atoms with van der Waals surface area (Å²) >= 11 is 0. The van der Waals surface area contributed by atoms with Crippen LogP contribution in [0.4, 0.5) is 0 Å². The molecule has 43 heavy (non-hydrogen) atoms. The summed E-state index contributed by atoms with van der Waals surface area (Å²) in [6, 6.07) is 52.7. The third-order valence-electron chi connectivity index (χ3n) is 8.12. The van der Waals surface area contributed by atoms with Crippen LogP contribution in [0.2, 0.25) is 0 Å². The van der Waals surface area contributed by atoms with Crippen LogP contribution in [0, 0.1) is 0 Å². The van der Waals surface area contributed by atoms with Gasteiger partial charge in [0.2, 0.25) is 0 Å². The summed E-state index contributed by atoms with van der Waals surface area (Å²) in [7, 11) is 0. The van der Waals surface area contributed by atoms with E-state index < -0.39 is 0 Å². The van der Waals surface area contributed by atoms with Gasteiger partial charge in [-0.2, -0.15) is 0 Å². The average molecular weight is 553 g/mol. The fourth-order valence-electron chi connectivity index (χ4n) is 6.00. The number of hydrogen-bond donors (Lipinski definition) is 1. The van der Waals surface area contributed by atoms with Crippen LogP contribution in [-0.2, 0) is 0 Å². The van der Waals surface area contributed by atoms with E-state index in [4.69, 9.17) is 9.41 Å². The van der Waals surface area contributed by atoms with Crippen LogP contribution < -0.4 is 5.32 Å². The minimum absolute atomic E-state index is 0.164. The molecule has 1 atom stereocenters. The molecule has 1 unspecified atom stereocenters. The lowest BCUT2D eigenvalue weighted by atomic mass is 9.95. The van der Waals surface area contributed by atoms with E-state index in [-0.39, 0.29) is 6.04 Å². The maximum atomic E-state index is 6.38. The van der Waals surface area contributed by atoms with E-state index >= 15 is 0 Å². The van der Waals surface area contributed by atoms with Crippen molar-refractivity contribution in [3.05, 3.63) is 174 Å². The Hall–Kier alpha value is -5.67. The standard InChI is InChI=1S/C40H28N2O/c1-4-12-27(13-5-1)30-18-10-19-32(24-30)35-26-36(42-40(41-35)29-16-8-3-9-17-29)33-20-11-21-38-39(33)34-25-31(22-23-37(34)43-38)28-14-6-2-7-15-28/h1-26,35H,(H,41,42). The van der Waals surface area contributed by atoms with Gasteiger partial charge in [-0.25, -0.2) is 0 Å². The quantitative estimate of drug-likeness (QED) is 0.231. The monoisotopic (exact) mass is 552 g/mol. The molecule has 0 saturated heterocycles. The lowest BCUT2D eigenvalue weighted by Crippen LogP contribution is -2.27. The van der Waals surface area contributed by atoms with Gasteiger partial charge >= 0.3 is 0 Å². The molecule has 7 aromatic rings. The lowest BCUT2D eigenvalue weighted by molar-refractivity contribution is 0.669. The Morgan fingerprint density at radius 1 is 0.512 bits per heavy atom. The number of furan rings is 1. The second-order valence-corrected chi connectivity index (χ2v) is 10.8. The van der Waals surface area contributed by atoms with Crippen LogP contribution >= 0.6 is 0 Å². The van der Waals surface area contributed by atoms with Crippen molar-refractivity contribution in [1.29, 1.82) is 0 Å². The second-order valence-electron chi connectivity index (χ2n) is 10.8. The molecule has 0 saturated carbocycles. The molecule has 2 heterocycles. The van der Waals surface area contributed by atoms with Crippen molar-refractivity contribution >= 4 is 33.5 Å². The Bertz CT molecular complexity index is 2140. The predicted octanol–water partition coefficient (Wildman–Crippen LogP) is 10.1. The summed E-state index contributed by atoms with van der Waals surface area (Å²) < 4.78 is 6.38. The molecule has 0 radical (unpaired) electrons. The maximum absolute atomic E-state index is 6.38. The highest BCUT2D eigenvalue weighted by atomic mass is 16.3. The number of hydrogen-bond acceptors (Lipinski definition) is 3. The Kier molecular flexibility index (Phi) is 6.20. The molecule has 3 nitrogen and oxygen atoms in total. The molecule has 0 amide bonds. The van der Waals surface area contributed by atoms with Crippen molar-refractivity contribution in [2.75, 3.05) is 0 Å². The highest BCUT2D eigenvalue weighted by Crippen LogP contribution is 2.38. The van der Waals surface area contributed by atoms with Gasteiger partial charge in [0.05, 0.1) is 6.04 Å². The molecule has 1 aromatic heterocycles.